The maximum Gasteiger partial charge on any atom is 0.224 e. The Labute approximate surface area is 171 Å². The van der Waals surface area contributed by atoms with Crippen molar-refractivity contribution in [2.24, 2.45) is 5.92 Å². The fourth-order valence-electron chi connectivity index (χ4n) is 4.57. The van der Waals surface area contributed by atoms with Crippen LogP contribution in [0, 0.1) is 12.8 Å². The van der Waals surface area contributed by atoms with Crippen molar-refractivity contribution in [2.75, 3.05) is 18.4 Å². The van der Waals surface area contributed by atoms with E-state index in [1.54, 1.807) is 0 Å². The number of rotatable bonds is 4. The number of benzene rings is 2. The first-order valence-corrected chi connectivity index (χ1v) is 10.3. The molecular weight excluding hydrogens is 364 g/mol. The van der Waals surface area contributed by atoms with Crippen LogP contribution in [0.15, 0.2) is 54.6 Å². The van der Waals surface area contributed by atoms with Crippen LogP contribution in [0.1, 0.15) is 17.5 Å². The molecule has 0 aliphatic carbocycles. The molecule has 1 amide bonds. The van der Waals surface area contributed by atoms with Gasteiger partial charge in [0.05, 0.1) is 0 Å². The minimum absolute atomic E-state index is 0.0197. The van der Waals surface area contributed by atoms with Crippen LogP contribution < -0.4 is 21.4 Å². The number of hydrogen-bond acceptors (Lipinski definition) is 6. The third kappa shape index (κ3) is 3.86. The van der Waals surface area contributed by atoms with Gasteiger partial charge in [-0.1, -0.05) is 48.5 Å². The van der Waals surface area contributed by atoms with Crippen molar-refractivity contribution in [3.63, 3.8) is 0 Å². The maximum atomic E-state index is 12.7. The monoisotopic (exact) mass is 392 g/mol. The first kappa shape index (κ1) is 18.6. The van der Waals surface area contributed by atoms with E-state index < -0.39 is 0 Å². The van der Waals surface area contributed by atoms with Crippen LogP contribution in [-0.4, -0.2) is 47.5 Å². The topological polar surface area (TPSA) is 71.7 Å². The van der Waals surface area contributed by atoms with Crippen LogP contribution in [0.25, 0.3) is 0 Å². The van der Waals surface area contributed by atoms with Crippen molar-refractivity contribution in [1.82, 2.24) is 26.0 Å². The largest absolute Gasteiger partial charge is 0.356 e. The Balaban J connectivity index is 1.22. The number of carbonyl (C=O) groups is 1. The summed E-state index contributed by atoms with van der Waals surface area (Å²) in [6.45, 7) is 4.48. The molecule has 3 fully saturated rings. The second-order valence-corrected chi connectivity index (χ2v) is 8.24. The molecule has 2 aromatic rings. The highest BCUT2D eigenvalue weighted by Gasteiger charge is 2.44. The van der Waals surface area contributed by atoms with E-state index in [0.29, 0.717) is 18.9 Å². The second-order valence-electron chi connectivity index (χ2n) is 8.24. The number of anilines is 1. The van der Waals surface area contributed by atoms with E-state index in [9.17, 15) is 4.79 Å². The summed E-state index contributed by atoms with van der Waals surface area (Å²) in [5, 5.41) is 12.9. The lowest BCUT2D eigenvalue weighted by Gasteiger charge is -2.46. The van der Waals surface area contributed by atoms with Crippen molar-refractivity contribution >= 4 is 11.6 Å². The van der Waals surface area contributed by atoms with Crippen molar-refractivity contribution in [1.29, 1.82) is 0 Å². The number of aryl methyl sites for hydroxylation is 1. The van der Waals surface area contributed by atoms with Crippen molar-refractivity contribution < 1.29 is 4.79 Å². The zero-order valence-corrected chi connectivity index (χ0v) is 16.6. The van der Waals surface area contributed by atoms with E-state index in [1.165, 1.54) is 11.1 Å². The van der Waals surface area contributed by atoms with Crippen LogP contribution in [0.5, 0.6) is 0 Å². The number of fused-ring (bicyclic) bond motifs is 2. The Hall–Kier alpha value is -2.45. The highest BCUT2D eigenvalue weighted by molar-refractivity contribution is 5.78. The first-order valence-electron chi connectivity index (χ1n) is 10.3. The van der Waals surface area contributed by atoms with Gasteiger partial charge < -0.3 is 10.2 Å². The molecule has 7 nitrogen and oxygen atoms in total. The molecule has 3 aliphatic heterocycles. The number of piperidine rings is 1. The van der Waals surface area contributed by atoms with Crippen LogP contribution in [0.3, 0.4) is 0 Å². The Bertz CT molecular complexity index is 875. The SMILES string of the molecule is Cc1ccccc1NC1NC2NC3CC(=O)N(Cc4ccccc4)CC3CN2N1. The smallest absolute Gasteiger partial charge is 0.224 e. The fourth-order valence-corrected chi connectivity index (χ4v) is 4.57. The van der Waals surface area contributed by atoms with Gasteiger partial charge in [0, 0.05) is 43.7 Å². The average molecular weight is 393 g/mol. The molecule has 0 radical (unpaired) electrons. The van der Waals surface area contributed by atoms with Gasteiger partial charge in [-0.3, -0.25) is 15.4 Å². The number of likely N-dealkylation sites (tertiary alicyclic amines) is 1. The van der Waals surface area contributed by atoms with Gasteiger partial charge in [0.2, 0.25) is 5.91 Å². The Morgan fingerprint density at radius 1 is 1.03 bits per heavy atom. The van der Waals surface area contributed by atoms with E-state index in [-0.39, 0.29) is 24.5 Å². The van der Waals surface area contributed by atoms with Gasteiger partial charge in [0.1, 0.15) is 12.6 Å². The molecule has 3 heterocycles. The van der Waals surface area contributed by atoms with Gasteiger partial charge in [-0.2, -0.15) is 0 Å². The molecule has 4 atom stereocenters. The Morgan fingerprint density at radius 3 is 2.66 bits per heavy atom. The fraction of sp³-hybridized carbons (Fsp3) is 0.409. The number of nitrogens with one attached hydrogen (secondary N) is 4. The van der Waals surface area contributed by atoms with Crippen LogP contribution in [0.4, 0.5) is 5.69 Å². The molecule has 152 valence electrons. The van der Waals surface area contributed by atoms with E-state index in [1.807, 2.05) is 35.2 Å². The zero-order valence-electron chi connectivity index (χ0n) is 16.6. The molecule has 0 saturated carbocycles. The summed E-state index contributed by atoms with van der Waals surface area (Å²) in [6, 6.07) is 18.7. The molecule has 0 aromatic heterocycles. The number of hydrazine groups is 1. The summed E-state index contributed by atoms with van der Waals surface area (Å²) in [6.07, 6.45) is 0.524. The minimum atomic E-state index is -0.0510. The molecule has 4 unspecified atom stereocenters. The molecule has 7 heteroatoms. The lowest BCUT2D eigenvalue weighted by Crippen LogP contribution is -2.66. The number of para-hydroxylation sites is 1. The van der Waals surface area contributed by atoms with E-state index >= 15 is 0 Å². The Morgan fingerprint density at radius 2 is 1.83 bits per heavy atom. The van der Waals surface area contributed by atoms with Gasteiger partial charge in [0.15, 0.2) is 0 Å². The quantitative estimate of drug-likeness (QED) is 0.631. The highest BCUT2D eigenvalue weighted by Crippen LogP contribution is 2.26. The Kier molecular flexibility index (Phi) is 4.97. The molecule has 3 aliphatic rings. The van der Waals surface area contributed by atoms with E-state index in [2.05, 4.69) is 57.6 Å². The van der Waals surface area contributed by atoms with Gasteiger partial charge in [-0.25, -0.2) is 10.4 Å². The lowest BCUT2D eigenvalue weighted by atomic mass is 9.89. The standard InChI is InChI=1S/C22H28N6O/c1-15-7-5-6-10-18(15)23-21-25-22-24-19-11-20(29)27(12-16-8-3-2-4-9-16)13-17(19)14-28(22)26-21/h2-10,17,19,21-26H,11-14H2,1H3. The molecule has 2 aromatic carbocycles. The molecule has 29 heavy (non-hydrogen) atoms. The molecule has 4 N–H and O–H groups in total. The minimum Gasteiger partial charge on any atom is -0.356 e. The molecule has 0 bridgehead atoms. The lowest BCUT2D eigenvalue weighted by molar-refractivity contribution is -0.139. The third-order valence-corrected chi connectivity index (χ3v) is 6.17. The van der Waals surface area contributed by atoms with Crippen molar-refractivity contribution in [2.45, 2.75) is 38.5 Å². The van der Waals surface area contributed by atoms with E-state index in [4.69, 9.17) is 0 Å². The van der Waals surface area contributed by atoms with Crippen LogP contribution in [0.2, 0.25) is 0 Å². The van der Waals surface area contributed by atoms with Gasteiger partial charge in [-0.15, -0.1) is 0 Å². The van der Waals surface area contributed by atoms with Crippen LogP contribution >= 0.6 is 0 Å². The predicted octanol–water partition coefficient (Wildman–Crippen LogP) is 1.40. The normalized spacial score (nSPS) is 29.4. The zero-order chi connectivity index (χ0) is 19.8. The highest BCUT2D eigenvalue weighted by atomic mass is 16.2. The summed E-state index contributed by atoms with van der Waals surface area (Å²) < 4.78 is 0. The molecule has 0 spiro atoms. The molecule has 3 saturated heterocycles. The van der Waals surface area contributed by atoms with Crippen LogP contribution in [-0.2, 0) is 11.3 Å². The number of carbonyl (C=O) groups excluding carboxylic acids is 1. The number of amides is 1. The summed E-state index contributed by atoms with van der Waals surface area (Å²) in [7, 11) is 0. The van der Waals surface area contributed by atoms with Crippen molar-refractivity contribution in [3.8, 4) is 0 Å². The number of hydrogen-bond donors (Lipinski definition) is 4. The summed E-state index contributed by atoms with van der Waals surface area (Å²) >= 11 is 0. The summed E-state index contributed by atoms with van der Waals surface area (Å²) in [4.78, 5) is 14.7. The third-order valence-electron chi connectivity index (χ3n) is 6.17. The maximum absolute atomic E-state index is 12.7. The molecular formula is C22H28N6O. The molecule has 5 rings (SSSR count). The summed E-state index contributed by atoms with van der Waals surface area (Å²) in [5.74, 6) is 0.635. The first-order chi connectivity index (χ1) is 14.2. The number of nitrogens with zero attached hydrogens (tertiary/aromatic N) is 2. The average Bonchev–Trinajstić information content (AvgIpc) is 3.10. The second kappa shape index (κ2) is 7.76. The van der Waals surface area contributed by atoms with Gasteiger partial charge >= 0.3 is 0 Å². The predicted molar refractivity (Wildman–Crippen MR) is 112 cm³/mol. The van der Waals surface area contributed by atoms with Crippen molar-refractivity contribution in [3.05, 3.63) is 65.7 Å². The van der Waals surface area contributed by atoms with Gasteiger partial charge in [-0.05, 0) is 24.1 Å². The summed E-state index contributed by atoms with van der Waals surface area (Å²) in [5.41, 5.74) is 7.03. The van der Waals surface area contributed by atoms with Gasteiger partial charge in [0.25, 0.3) is 0 Å². The van der Waals surface area contributed by atoms with E-state index in [0.717, 1.165) is 18.8 Å².